The largest absolute Gasteiger partial charge is 0.493 e. The highest BCUT2D eigenvalue weighted by atomic mass is 35.5. The van der Waals surface area contributed by atoms with Gasteiger partial charge in [0.05, 0.1) is 32.5 Å². The van der Waals surface area contributed by atoms with Gasteiger partial charge in [0.15, 0.2) is 11.5 Å². The van der Waals surface area contributed by atoms with Crippen LogP contribution in [0.3, 0.4) is 0 Å². The highest BCUT2D eigenvalue weighted by Gasteiger charge is 2.30. The number of methoxy groups -OCH3 is 2. The van der Waals surface area contributed by atoms with Gasteiger partial charge in [0.1, 0.15) is 0 Å². The highest BCUT2D eigenvalue weighted by Crippen LogP contribution is 2.38. The minimum absolute atomic E-state index is 0.00519. The SMILES string of the molecule is COc1cc(Cl)c(C(N)C2CCC(C)O2)cc1OC. The lowest BCUT2D eigenvalue weighted by Crippen LogP contribution is -2.26. The van der Waals surface area contributed by atoms with Gasteiger partial charge in [-0.05, 0) is 31.4 Å². The number of rotatable bonds is 4. The molecule has 0 saturated carbocycles. The summed E-state index contributed by atoms with van der Waals surface area (Å²) in [7, 11) is 3.17. The van der Waals surface area contributed by atoms with E-state index in [9.17, 15) is 0 Å². The fourth-order valence-corrected chi connectivity index (χ4v) is 2.70. The monoisotopic (exact) mass is 285 g/mol. The molecule has 4 nitrogen and oxygen atoms in total. The molecular formula is C14H20ClNO3. The fourth-order valence-electron chi connectivity index (χ4n) is 2.42. The Morgan fingerprint density at radius 2 is 1.89 bits per heavy atom. The van der Waals surface area contributed by atoms with Gasteiger partial charge < -0.3 is 19.9 Å². The minimum Gasteiger partial charge on any atom is -0.493 e. The Balaban J connectivity index is 2.28. The van der Waals surface area contributed by atoms with Crippen molar-refractivity contribution in [3.63, 3.8) is 0 Å². The van der Waals surface area contributed by atoms with Gasteiger partial charge in [0.2, 0.25) is 0 Å². The first kappa shape index (κ1) is 14.4. The van der Waals surface area contributed by atoms with Crippen LogP contribution >= 0.6 is 11.6 Å². The third-order valence-electron chi connectivity index (χ3n) is 3.53. The lowest BCUT2D eigenvalue weighted by Gasteiger charge is -2.22. The van der Waals surface area contributed by atoms with E-state index in [0.717, 1.165) is 18.4 Å². The van der Waals surface area contributed by atoms with Crippen molar-refractivity contribution in [1.29, 1.82) is 0 Å². The molecule has 0 bridgehead atoms. The standard InChI is InChI=1S/C14H20ClNO3/c1-8-4-5-11(19-8)14(16)9-6-12(17-2)13(18-3)7-10(9)15/h6-8,11,14H,4-5,16H2,1-3H3. The molecule has 1 aliphatic heterocycles. The molecule has 0 aromatic heterocycles. The maximum absolute atomic E-state index is 6.28. The second-order valence-electron chi connectivity index (χ2n) is 4.82. The summed E-state index contributed by atoms with van der Waals surface area (Å²) in [6.45, 7) is 2.06. The Hall–Kier alpha value is -0.970. The molecule has 3 unspecified atom stereocenters. The van der Waals surface area contributed by atoms with Crippen molar-refractivity contribution < 1.29 is 14.2 Å². The summed E-state index contributed by atoms with van der Waals surface area (Å²) in [4.78, 5) is 0. The summed E-state index contributed by atoms with van der Waals surface area (Å²) in [5, 5.41) is 0.577. The predicted octanol–water partition coefficient (Wildman–Crippen LogP) is 2.92. The first-order valence-corrected chi connectivity index (χ1v) is 6.77. The summed E-state index contributed by atoms with van der Waals surface area (Å²) >= 11 is 6.28. The summed E-state index contributed by atoms with van der Waals surface area (Å²) in [6, 6.07) is 3.31. The van der Waals surface area contributed by atoms with E-state index in [2.05, 4.69) is 6.92 Å². The van der Waals surface area contributed by atoms with Crippen LogP contribution in [-0.2, 0) is 4.74 Å². The summed E-state index contributed by atoms with van der Waals surface area (Å²) in [5.41, 5.74) is 7.10. The number of hydrogen-bond acceptors (Lipinski definition) is 4. The molecule has 1 heterocycles. The van der Waals surface area contributed by atoms with Crippen LogP contribution in [0, 0.1) is 0 Å². The molecule has 1 saturated heterocycles. The van der Waals surface area contributed by atoms with Gasteiger partial charge in [0.25, 0.3) is 0 Å². The van der Waals surface area contributed by atoms with Gasteiger partial charge in [-0.25, -0.2) is 0 Å². The number of benzene rings is 1. The fraction of sp³-hybridized carbons (Fsp3) is 0.571. The lowest BCUT2D eigenvalue weighted by atomic mass is 9.99. The van der Waals surface area contributed by atoms with Crippen LogP contribution in [0.4, 0.5) is 0 Å². The van der Waals surface area contributed by atoms with Crippen molar-refractivity contribution in [1.82, 2.24) is 0 Å². The van der Waals surface area contributed by atoms with Crippen LogP contribution < -0.4 is 15.2 Å². The van der Waals surface area contributed by atoms with Gasteiger partial charge in [-0.15, -0.1) is 0 Å². The zero-order valence-corrected chi connectivity index (χ0v) is 12.2. The Morgan fingerprint density at radius 1 is 1.26 bits per heavy atom. The molecule has 2 N–H and O–H groups in total. The lowest BCUT2D eigenvalue weighted by molar-refractivity contribution is 0.0401. The van der Waals surface area contributed by atoms with E-state index in [4.69, 9.17) is 31.5 Å². The van der Waals surface area contributed by atoms with E-state index < -0.39 is 0 Å². The molecule has 0 spiro atoms. The molecule has 19 heavy (non-hydrogen) atoms. The van der Waals surface area contributed by atoms with E-state index in [0.29, 0.717) is 16.5 Å². The molecule has 3 atom stereocenters. The second-order valence-corrected chi connectivity index (χ2v) is 5.22. The molecule has 0 amide bonds. The van der Waals surface area contributed by atoms with Crippen molar-refractivity contribution in [2.24, 2.45) is 5.73 Å². The number of hydrogen-bond donors (Lipinski definition) is 1. The second kappa shape index (κ2) is 5.99. The Labute approximate surface area is 118 Å². The van der Waals surface area contributed by atoms with E-state index in [1.165, 1.54) is 0 Å². The summed E-state index contributed by atoms with van der Waals surface area (Å²) < 4.78 is 16.3. The maximum atomic E-state index is 6.28. The molecule has 0 radical (unpaired) electrons. The van der Waals surface area contributed by atoms with Crippen molar-refractivity contribution in [3.05, 3.63) is 22.7 Å². The van der Waals surface area contributed by atoms with Crippen LogP contribution in [0.15, 0.2) is 12.1 Å². The highest BCUT2D eigenvalue weighted by molar-refractivity contribution is 6.31. The number of ether oxygens (including phenoxy) is 3. The molecule has 0 aliphatic carbocycles. The summed E-state index contributed by atoms with van der Waals surface area (Å²) in [5.74, 6) is 1.23. The molecule has 106 valence electrons. The molecule has 1 aliphatic rings. The van der Waals surface area contributed by atoms with Crippen LogP contribution in [-0.4, -0.2) is 26.4 Å². The normalized spacial score (nSPS) is 24.3. The molecule has 2 rings (SSSR count). The Morgan fingerprint density at radius 3 is 2.42 bits per heavy atom. The zero-order valence-electron chi connectivity index (χ0n) is 11.5. The van der Waals surface area contributed by atoms with Gasteiger partial charge in [-0.1, -0.05) is 11.6 Å². The molecule has 1 aromatic rings. The first-order valence-electron chi connectivity index (χ1n) is 6.39. The van der Waals surface area contributed by atoms with Crippen molar-refractivity contribution in [3.8, 4) is 11.5 Å². The Kier molecular flexibility index (Phi) is 4.55. The number of halogens is 1. The maximum Gasteiger partial charge on any atom is 0.162 e. The van der Waals surface area contributed by atoms with E-state index in [1.54, 1.807) is 20.3 Å². The predicted molar refractivity (Wildman–Crippen MR) is 75.1 cm³/mol. The van der Waals surface area contributed by atoms with Gasteiger partial charge in [-0.3, -0.25) is 0 Å². The third-order valence-corrected chi connectivity index (χ3v) is 3.85. The number of nitrogens with two attached hydrogens (primary N) is 1. The van der Waals surface area contributed by atoms with Crippen molar-refractivity contribution >= 4 is 11.6 Å². The van der Waals surface area contributed by atoms with Crippen LogP contribution in [0.2, 0.25) is 5.02 Å². The topological polar surface area (TPSA) is 53.7 Å². The van der Waals surface area contributed by atoms with Crippen LogP contribution in [0.1, 0.15) is 31.4 Å². The molecule has 5 heteroatoms. The molecular weight excluding hydrogens is 266 g/mol. The van der Waals surface area contributed by atoms with Crippen LogP contribution in [0.25, 0.3) is 0 Å². The van der Waals surface area contributed by atoms with Gasteiger partial charge in [-0.2, -0.15) is 0 Å². The molecule has 1 aromatic carbocycles. The quantitative estimate of drug-likeness (QED) is 0.924. The van der Waals surface area contributed by atoms with Gasteiger partial charge in [0, 0.05) is 11.1 Å². The third kappa shape index (κ3) is 2.96. The first-order chi connectivity index (χ1) is 9.06. The van der Waals surface area contributed by atoms with E-state index >= 15 is 0 Å². The average Bonchev–Trinajstić information content (AvgIpc) is 2.84. The minimum atomic E-state index is -0.253. The average molecular weight is 286 g/mol. The Bertz CT molecular complexity index is 453. The van der Waals surface area contributed by atoms with E-state index in [1.807, 2.05) is 6.07 Å². The zero-order chi connectivity index (χ0) is 14.0. The molecule has 1 fully saturated rings. The van der Waals surface area contributed by atoms with Crippen molar-refractivity contribution in [2.45, 2.75) is 38.0 Å². The van der Waals surface area contributed by atoms with Gasteiger partial charge >= 0.3 is 0 Å². The van der Waals surface area contributed by atoms with E-state index in [-0.39, 0.29) is 18.2 Å². The summed E-state index contributed by atoms with van der Waals surface area (Å²) in [6.07, 6.45) is 2.25. The van der Waals surface area contributed by atoms with Crippen molar-refractivity contribution in [2.75, 3.05) is 14.2 Å². The smallest absolute Gasteiger partial charge is 0.162 e. The van der Waals surface area contributed by atoms with Crippen LogP contribution in [0.5, 0.6) is 11.5 Å².